The first kappa shape index (κ1) is 24.7. The van der Waals surface area contributed by atoms with Gasteiger partial charge in [0.15, 0.2) is 11.4 Å². The standard InChI is InChI=1S/C28H13F4N5/c1-34-23-6-3-17(4-7-23)26(16-33)18-5-8-27(36-35-2)28(9-18)37(24-12-19(29)10-20(30)13-24)25-14-21(31)11-22(32)15-25/h3-15H/b26-18+,36-27+. The minimum Gasteiger partial charge on any atom is -0.308 e. The number of benzene rings is 3. The van der Waals surface area contributed by atoms with Crippen LogP contribution in [0.4, 0.5) is 34.6 Å². The van der Waals surface area contributed by atoms with Crippen LogP contribution >= 0.6 is 0 Å². The summed E-state index contributed by atoms with van der Waals surface area (Å²) in [6, 6.07) is 13.5. The summed E-state index contributed by atoms with van der Waals surface area (Å²) in [7, 11) is 0. The largest absolute Gasteiger partial charge is 0.308 e. The van der Waals surface area contributed by atoms with Crippen LogP contribution in [0.1, 0.15) is 5.56 Å². The van der Waals surface area contributed by atoms with E-state index in [1.165, 1.54) is 18.2 Å². The number of anilines is 2. The summed E-state index contributed by atoms with van der Waals surface area (Å²) in [5.41, 5.74) is 1.15. The van der Waals surface area contributed by atoms with E-state index in [1.54, 1.807) is 24.3 Å². The van der Waals surface area contributed by atoms with Crippen molar-refractivity contribution < 1.29 is 17.6 Å². The van der Waals surface area contributed by atoms with E-state index in [9.17, 15) is 22.8 Å². The van der Waals surface area contributed by atoms with Crippen LogP contribution in [0.2, 0.25) is 0 Å². The molecule has 5 nitrogen and oxygen atoms in total. The van der Waals surface area contributed by atoms with Crippen molar-refractivity contribution in [1.29, 1.82) is 5.26 Å². The molecule has 0 heterocycles. The SMILES string of the molecule is [C-]#[N+]/N=C1C=C/C(=C(/C#N)c2ccc([N+]#[C-])cc2)C=C\1N(c1cc(F)cc(F)c1)c1cc(F)cc(F)c1. The number of halogens is 4. The third kappa shape index (κ3) is 5.30. The molecule has 0 unspecified atom stereocenters. The molecular weight excluding hydrogens is 482 g/mol. The van der Waals surface area contributed by atoms with Crippen molar-refractivity contribution in [3.05, 3.63) is 142 Å². The van der Waals surface area contributed by atoms with Gasteiger partial charge in [0.2, 0.25) is 0 Å². The van der Waals surface area contributed by atoms with E-state index < -0.39 is 23.3 Å². The highest BCUT2D eigenvalue weighted by molar-refractivity contribution is 6.14. The molecule has 0 N–H and O–H groups in total. The quantitative estimate of drug-likeness (QED) is 0.162. The number of hydrogen-bond donors (Lipinski definition) is 0. The maximum atomic E-state index is 14.2. The molecule has 9 heteroatoms. The third-order valence-electron chi connectivity index (χ3n) is 5.27. The molecule has 0 atom stereocenters. The Bertz CT molecular complexity index is 1550. The van der Waals surface area contributed by atoms with Gasteiger partial charge in [-0.1, -0.05) is 30.3 Å². The van der Waals surface area contributed by atoms with E-state index in [0.717, 1.165) is 29.2 Å². The summed E-state index contributed by atoms with van der Waals surface area (Å²) in [6.45, 7) is 14.3. The molecule has 0 aromatic heterocycles. The fourth-order valence-corrected chi connectivity index (χ4v) is 3.76. The van der Waals surface area contributed by atoms with Crippen LogP contribution in [0.3, 0.4) is 0 Å². The van der Waals surface area contributed by atoms with Crippen LogP contribution in [-0.4, -0.2) is 5.71 Å². The summed E-state index contributed by atoms with van der Waals surface area (Å²) in [5, 5.41) is 13.6. The van der Waals surface area contributed by atoms with Gasteiger partial charge in [0.05, 0.1) is 34.3 Å². The Hall–Kier alpha value is -5.46. The van der Waals surface area contributed by atoms with Crippen LogP contribution in [0, 0.1) is 47.7 Å². The number of nitrogens with zero attached hydrogens (tertiary/aromatic N) is 5. The number of nitriles is 1. The van der Waals surface area contributed by atoms with Gasteiger partial charge < -0.3 is 4.90 Å². The molecule has 0 amide bonds. The van der Waals surface area contributed by atoms with Crippen molar-refractivity contribution in [3.63, 3.8) is 0 Å². The van der Waals surface area contributed by atoms with Crippen LogP contribution < -0.4 is 4.90 Å². The number of allylic oxidation sites excluding steroid dienone is 5. The van der Waals surface area contributed by atoms with Gasteiger partial charge in [0, 0.05) is 12.1 Å². The molecule has 0 saturated heterocycles. The van der Waals surface area contributed by atoms with Gasteiger partial charge in [-0.15, -0.1) is 4.95 Å². The van der Waals surface area contributed by atoms with Crippen LogP contribution in [0.15, 0.2) is 95.3 Å². The zero-order valence-electron chi connectivity index (χ0n) is 18.8. The monoisotopic (exact) mass is 495 g/mol. The molecule has 0 bridgehead atoms. The fourth-order valence-electron chi connectivity index (χ4n) is 3.76. The first-order chi connectivity index (χ1) is 17.8. The van der Waals surface area contributed by atoms with Gasteiger partial charge in [-0.05, 0) is 47.6 Å². The van der Waals surface area contributed by atoms with Crippen molar-refractivity contribution in [1.82, 2.24) is 0 Å². The minimum atomic E-state index is -0.944. The lowest BCUT2D eigenvalue weighted by Gasteiger charge is -2.29. The van der Waals surface area contributed by atoms with E-state index >= 15 is 0 Å². The van der Waals surface area contributed by atoms with Gasteiger partial charge in [-0.25, -0.2) is 22.4 Å². The van der Waals surface area contributed by atoms with E-state index in [-0.39, 0.29) is 28.4 Å². The highest BCUT2D eigenvalue weighted by Gasteiger charge is 2.25. The summed E-state index contributed by atoms with van der Waals surface area (Å²) < 4.78 is 56.9. The Morgan fingerprint density at radius 1 is 0.811 bits per heavy atom. The Kier molecular flexibility index (Phi) is 6.95. The van der Waals surface area contributed by atoms with E-state index in [4.69, 9.17) is 13.1 Å². The lowest BCUT2D eigenvalue weighted by atomic mass is 9.95. The van der Waals surface area contributed by atoms with Crippen molar-refractivity contribution >= 4 is 28.3 Å². The topological polar surface area (TPSA) is 48.1 Å². The predicted octanol–water partition coefficient (Wildman–Crippen LogP) is 7.64. The zero-order chi connectivity index (χ0) is 26.5. The normalized spacial score (nSPS) is 14.8. The Morgan fingerprint density at radius 2 is 1.35 bits per heavy atom. The van der Waals surface area contributed by atoms with Gasteiger partial charge >= 0.3 is 0 Å². The fraction of sp³-hybridized carbons (Fsp3) is 0. The van der Waals surface area contributed by atoms with Crippen LogP contribution in [0.5, 0.6) is 0 Å². The van der Waals surface area contributed by atoms with E-state index in [1.807, 2.05) is 0 Å². The Labute approximate surface area is 209 Å². The van der Waals surface area contributed by atoms with Gasteiger partial charge in [-0.2, -0.15) is 11.8 Å². The van der Waals surface area contributed by atoms with Crippen molar-refractivity contribution in [2.75, 3.05) is 4.90 Å². The molecule has 1 aliphatic carbocycles. The molecule has 0 spiro atoms. The summed E-state index contributed by atoms with van der Waals surface area (Å²) in [4.78, 5) is 7.49. The molecule has 3 aromatic carbocycles. The molecule has 0 fully saturated rings. The maximum Gasteiger partial charge on any atom is 0.187 e. The summed E-state index contributed by atoms with van der Waals surface area (Å²) >= 11 is 0. The third-order valence-corrected chi connectivity index (χ3v) is 5.27. The predicted molar refractivity (Wildman–Crippen MR) is 131 cm³/mol. The average molecular weight is 495 g/mol. The zero-order valence-corrected chi connectivity index (χ0v) is 18.8. The molecule has 3 aromatic rings. The minimum absolute atomic E-state index is 0.0220. The van der Waals surface area contributed by atoms with Crippen LogP contribution in [0.25, 0.3) is 15.4 Å². The Morgan fingerprint density at radius 3 is 1.81 bits per heavy atom. The van der Waals surface area contributed by atoms with Crippen molar-refractivity contribution in [3.8, 4) is 6.07 Å². The number of hydrogen-bond acceptors (Lipinski definition) is 3. The van der Waals surface area contributed by atoms with Gasteiger partial charge in [0.25, 0.3) is 0 Å². The molecular formula is C28H13F4N5. The van der Waals surface area contributed by atoms with Crippen LogP contribution in [-0.2, 0) is 0 Å². The van der Waals surface area contributed by atoms with E-state index in [2.05, 4.69) is 21.0 Å². The van der Waals surface area contributed by atoms with Crippen molar-refractivity contribution in [2.24, 2.45) is 5.10 Å². The smallest absolute Gasteiger partial charge is 0.187 e. The molecule has 0 radical (unpaired) electrons. The molecule has 37 heavy (non-hydrogen) atoms. The molecule has 0 saturated carbocycles. The summed E-state index contributed by atoms with van der Waals surface area (Å²) in [5.74, 6) is -3.77. The number of rotatable bonds is 4. The van der Waals surface area contributed by atoms with Crippen molar-refractivity contribution in [2.45, 2.75) is 0 Å². The lowest BCUT2D eigenvalue weighted by molar-refractivity contribution is 0.582. The van der Waals surface area contributed by atoms with Gasteiger partial charge in [0.1, 0.15) is 29.3 Å². The Balaban J connectivity index is 2.01. The molecule has 178 valence electrons. The highest BCUT2D eigenvalue weighted by Crippen LogP contribution is 2.36. The van der Waals surface area contributed by atoms with Gasteiger partial charge in [-0.3, -0.25) is 0 Å². The second kappa shape index (κ2) is 10.4. The molecule has 0 aliphatic heterocycles. The molecule has 1 aliphatic rings. The first-order valence-electron chi connectivity index (χ1n) is 10.5. The summed E-state index contributed by atoms with van der Waals surface area (Å²) in [6.07, 6.45) is 4.36. The second-order valence-electron chi connectivity index (χ2n) is 7.64. The van der Waals surface area contributed by atoms with E-state index in [0.29, 0.717) is 29.0 Å². The maximum absolute atomic E-state index is 14.2. The second-order valence-corrected chi connectivity index (χ2v) is 7.64. The highest BCUT2D eigenvalue weighted by atomic mass is 19.1. The average Bonchev–Trinajstić information content (AvgIpc) is 2.85. The molecule has 4 rings (SSSR count). The lowest BCUT2D eigenvalue weighted by Crippen LogP contribution is -2.24. The first-order valence-corrected chi connectivity index (χ1v) is 10.5.